The highest BCUT2D eigenvalue weighted by molar-refractivity contribution is 4.89. The number of aliphatic hydroxyl groups is 4. The molecule has 7 unspecified atom stereocenters. The zero-order valence-electron chi connectivity index (χ0n) is 24.9. The number of nitrogens with zero attached hydrogens (tertiary/aromatic N) is 2. The van der Waals surface area contributed by atoms with Crippen molar-refractivity contribution in [3.05, 3.63) is 0 Å². The first-order valence-corrected chi connectivity index (χ1v) is 14.1. The van der Waals surface area contributed by atoms with Crippen molar-refractivity contribution in [2.75, 3.05) is 34.3 Å². The number of hydrogen-bond donors (Lipinski definition) is 4. The summed E-state index contributed by atoms with van der Waals surface area (Å²) in [6.07, 6.45) is 0.881. The number of ether oxygens (including phenoxy) is 3. The molecule has 2 rings (SSSR count). The van der Waals surface area contributed by atoms with Crippen LogP contribution in [0, 0.1) is 23.7 Å². The summed E-state index contributed by atoms with van der Waals surface area (Å²) in [6.45, 7) is 14.8. The maximum absolute atomic E-state index is 11.1. The first-order valence-electron chi connectivity index (χ1n) is 14.1. The normalized spacial score (nSPS) is 45.8. The van der Waals surface area contributed by atoms with E-state index in [2.05, 4.69) is 25.7 Å². The summed E-state index contributed by atoms with van der Waals surface area (Å²) in [5.74, 6) is -2.04. The molecule has 2 aliphatic heterocycles. The van der Waals surface area contributed by atoms with Crippen molar-refractivity contribution in [3.63, 3.8) is 0 Å². The van der Waals surface area contributed by atoms with Gasteiger partial charge in [0, 0.05) is 18.6 Å². The van der Waals surface area contributed by atoms with Crippen LogP contribution in [0.5, 0.6) is 0 Å². The summed E-state index contributed by atoms with van der Waals surface area (Å²) in [4.78, 5) is 4.17. The molecule has 0 aromatic carbocycles. The van der Waals surface area contributed by atoms with Crippen molar-refractivity contribution in [1.82, 2.24) is 9.80 Å². The number of likely N-dealkylation sites (N-methyl/N-ethyl adjacent to an activating group) is 1. The number of aliphatic hydroxyl groups excluding tert-OH is 1. The quantitative estimate of drug-likeness (QED) is 0.406. The molecule has 9 heteroatoms. The molecule has 2 fully saturated rings. The first-order chi connectivity index (χ1) is 16.9. The lowest BCUT2D eigenvalue weighted by Gasteiger charge is -2.44. The van der Waals surface area contributed by atoms with Crippen LogP contribution in [0.2, 0.25) is 0 Å². The monoisotopic (exact) mass is 532 g/mol. The zero-order valence-corrected chi connectivity index (χ0v) is 24.9. The third-order valence-electron chi connectivity index (χ3n) is 8.55. The summed E-state index contributed by atoms with van der Waals surface area (Å²) in [5, 5.41) is 43.3. The summed E-state index contributed by atoms with van der Waals surface area (Å²) in [5.41, 5.74) is -1.83. The summed E-state index contributed by atoms with van der Waals surface area (Å²) < 4.78 is 18.2. The lowest BCUT2D eigenvalue weighted by atomic mass is 9.82. The Morgan fingerprint density at radius 1 is 0.919 bits per heavy atom. The van der Waals surface area contributed by atoms with Gasteiger partial charge >= 0.3 is 5.97 Å². The lowest BCUT2D eigenvalue weighted by molar-refractivity contribution is -0.410. The summed E-state index contributed by atoms with van der Waals surface area (Å²) in [6, 6.07) is -0.142. The minimum absolute atomic E-state index is 0.0175. The van der Waals surface area contributed by atoms with E-state index in [1.165, 1.54) is 6.92 Å². The molecule has 37 heavy (non-hydrogen) atoms. The Kier molecular flexibility index (Phi) is 11.8. The SMILES string of the molecule is CC1COC(O)(O)C(C)(O)CC(C)N(C)CC(C)CC(C)C(O[C@@H]2O[C@H](C)C[C@H](N(C)C)[C@H]2O)C(C)C1. The van der Waals surface area contributed by atoms with Gasteiger partial charge in [0.25, 0.3) is 0 Å². The van der Waals surface area contributed by atoms with Crippen molar-refractivity contribution in [1.29, 1.82) is 0 Å². The van der Waals surface area contributed by atoms with Gasteiger partial charge in [-0.1, -0.05) is 27.7 Å². The molecular weight excluding hydrogens is 476 g/mol. The Hall–Kier alpha value is -0.360. The highest BCUT2D eigenvalue weighted by atomic mass is 16.8. The Morgan fingerprint density at radius 3 is 2.05 bits per heavy atom. The van der Waals surface area contributed by atoms with Crippen molar-refractivity contribution in [3.8, 4) is 0 Å². The molecule has 0 aromatic rings. The smallest absolute Gasteiger partial charge is 0.308 e. The standard InChI is InChI=1S/C28H56N2O7/c1-17-11-19(3)25(37-26-24(31)23(29(8)9)13-22(6)36-26)20(4)12-18(2)16-35-28(33,34)27(7,32)14-21(5)30(10)15-17/h17-26,31-34H,11-16H2,1-10H3/t17?,18?,19?,20?,21?,22-,23+,24-,25?,26+,27?/m1/s1. The van der Waals surface area contributed by atoms with Crippen LogP contribution in [-0.4, -0.2) is 113 Å². The van der Waals surface area contributed by atoms with E-state index in [9.17, 15) is 20.4 Å². The average Bonchev–Trinajstić information content (AvgIpc) is 2.76. The second-order valence-electron chi connectivity index (χ2n) is 13.0. The fourth-order valence-corrected chi connectivity index (χ4v) is 6.27. The van der Waals surface area contributed by atoms with Gasteiger partial charge in [-0.25, -0.2) is 0 Å². The molecule has 0 bridgehead atoms. The van der Waals surface area contributed by atoms with Crippen molar-refractivity contribution < 1.29 is 34.6 Å². The van der Waals surface area contributed by atoms with E-state index in [4.69, 9.17) is 14.2 Å². The zero-order chi connectivity index (χ0) is 28.3. The van der Waals surface area contributed by atoms with Gasteiger partial charge in [0.1, 0.15) is 11.7 Å². The molecular formula is C28H56N2O7. The van der Waals surface area contributed by atoms with Gasteiger partial charge < -0.3 is 44.4 Å². The van der Waals surface area contributed by atoms with E-state index >= 15 is 0 Å². The van der Waals surface area contributed by atoms with Gasteiger partial charge in [-0.2, -0.15) is 0 Å². The predicted octanol–water partition coefficient (Wildman–Crippen LogP) is 2.25. The summed E-state index contributed by atoms with van der Waals surface area (Å²) in [7, 11) is 5.93. The fraction of sp³-hybridized carbons (Fsp3) is 1.00. The van der Waals surface area contributed by atoms with Crippen molar-refractivity contribution in [2.24, 2.45) is 23.7 Å². The molecule has 0 amide bonds. The minimum Gasteiger partial charge on any atom is -0.386 e. The van der Waals surface area contributed by atoms with Gasteiger partial charge in [-0.15, -0.1) is 0 Å². The van der Waals surface area contributed by atoms with E-state index in [0.29, 0.717) is 12.3 Å². The van der Waals surface area contributed by atoms with Crippen LogP contribution in [0.1, 0.15) is 74.1 Å². The molecule has 220 valence electrons. The highest BCUT2D eigenvalue weighted by Crippen LogP contribution is 2.34. The second kappa shape index (κ2) is 13.3. The van der Waals surface area contributed by atoms with Crippen LogP contribution in [0.15, 0.2) is 0 Å². The largest absolute Gasteiger partial charge is 0.386 e. The Labute approximate surface area is 225 Å². The second-order valence-corrected chi connectivity index (χ2v) is 13.0. The van der Waals surface area contributed by atoms with Gasteiger partial charge in [-0.3, -0.25) is 0 Å². The topological polar surface area (TPSA) is 115 Å². The molecule has 11 atom stereocenters. The molecule has 2 saturated heterocycles. The predicted molar refractivity (Wildman–Crippen MR) is 144 cm³/mol. The van der Waals surface area contributed by atoms with Crippen LogP contribution < -0.4 is 0 Å². The average molecular weight is 533 g/mol. The van der Waals surface area contributed by atoms with Crippen LogP contribution in [0.4, 0.5) is 0 Å². The van der Waals surface area contributed by atoms with Crippen LogP contribution >= 0.6 is 0 Å². The van der Waals surface area contributed by atoms with Crippen LogP contribution in [0.3, 0.4) is 0 Å². The Bertz CT molecular complexity index is 691. The Morgan fingerprint density at radius 2 is 1.49 bits per heavy atom. The molecule has 4 N–H and O–H groups in total. The van der Waals surface area contributed by atoms with E-state index < -0.39 is 24.0 Å². The van der Waals surface area contributed by atoms with E-state index in [0.717, 1.165) is 19.4 Å². The number of rotatable bonds is 3. The maximum atomic E-state index is 11.1. The minimum atomic E-state index is -2.66. The van der Waals surface area contributed by atoms with Crippen LogP contribution in [0.25, 0.3) is 0 Å². The third kappa shape index (κ3) is 8.82. The van der Waals surface area contributed by atoms with Crippen molar-refractivity contribution >= 4 is 0 Å². The molecule has 0 spiro atoms. The van der Waals surface area contributed by atoms with Crippen molar-refractivity contribution in [2.45, 2.75) is 122 Å². The molecule has 0 saturated carbocycles. The fourth-order valence-electron chi connectivity index (χ4n) is 6.27. The first kappa shape index (κ1) is 32.8. The number of hydrogen-bond acceptors (Lipinski definition) is 9. The van der Waals surface area contributed by atoms with E-state index in [-0.39, 0.29) is 55.1 Å². The molecule has 9 nitrogen and oxygen atoms in total. The molecule has 0 radical (unpaired) electrons. The highest BCUT2D eigenvalue weighted by Gasteiger charge is 2.48. The Balaban J connectivity index is 2.30. The molecule has 2 heterocycles. The third-order valence-corrected chi connectivity index (χ3v) is 8.55. The molecule has 2 aliphatic rings. The van der Waals surface area contributed by atoms with Gasteiger partial charge in [-0.05, 0) is 91.3 Å². The van der Waals surface area contributed by atoms with Gasteiger partial charge in [0.15, 0.2) is 6.29 Å². The van der Waals surface area contributed by atoms with Gasteiger partial charge in [0.05, 0.1) is 18.8 Å². The van der Waals surface area contributed by atoms with Gasteiger partial charge in [0.2, 0.25) is 0 Å². The maximum Gasteiger partial charge on any atom is 0.308 e. The molecule has 0 aliphatic carbocycles. The summed E-state index contributed by atoms with van der Waals surface area (Å²) >= 11 is 0. The molecule has 0 aromatic heterocycles. The van der Waals surface area contributed by atoms with Crippen LogP contribution in [-0.2, 0) is 14.2 Å². The van der Waals surface area contributed by atoms with E-state index in [1.54, 1.807) is 0 Å². The van der Waals surface area contributed by atoms with E-state index in [1.807, 2.05) is 46.8 Å². The lowest BCUT2D eigenvalue weighted by Crippen LogP contribution is -2.57.